The third kappa shape index (κ3) is 2.53. The lowest BCUT2D eigenvalue weighted by Gasteiger charge is -2.40. The van der Waals surface area contributed by atoms with Crippen LogP contribution >= 0.6 is 15.9 Å². The van der Waals surface area contributed by atoms with Crippen LogP contribution in [-0.2, 0) is 4.74 Å². The van der Waals surface area contributed by atoms with Gasteiger partial charge >= 0.3 is 0 Å². The van der Waals surface area contributed by atoms with Crippen molar-refractivity contribution in [1.29, 1.82) is 0 Å². The second-order valence-corrected chi connectivity index (χ2v) is 4.63. The van der Waals surface area contributed by atoms with Crippen molar-refractivity contribution < 1.29 is 14.6 Å². The molecule has 4 nitrogen and oxygen atoms in total. The lowest BCUT2D eigenvalue weighted by molar-refractivity contribution is -0.160. The molecule has 1 saturated carbocycles. The maximum Gasteiger partial charge on any atom is 0.139 e. The number of aliphatic hydroxyl groups excluding tert-OH is 1. The van der Waals surface area contributed by atoms with Gasteiger partial charge in [-0.05, 0) is 28.9 Å². The zero-order valence-corrected chi connectivity index (χ0v) is 10.6. The molecule has 2 rings (SSSR count). The standard InChI is InChI=1S/C11H14BrNO3/c1-2-15-11-9(14)4-10(11)16-8-3-7(12)5-13-6-8/h3,5-6,9-11,14H,2,4H2,1H3. The highest BCUT2D eigenvalue weighted by atomic mass is 79.9. The first kappa shape index (κ1) is 11.8. The Bertz CT molecular complexity index is 361. The first-order valence-corrected chi connectivity index (χ1v) is 6.07. The van der Waals surface area contributed by atoms with Crippen molar-refractivity contribution in [3.05, 3.63) is 22.9 Å². The predicted octanol–water partition coefficient (Wildman–Crippen LogP) is 1.76. The van der Waals surface area contributed by atoms with E-state index in [2.05, 4.69) is 20.9 Å². The average molecular weight is 288 g/mol. The summed E-state index contributed by atoms with van der Waals surface area (Å²) in [5.41, 5.74) is 0. The first-order valence-electron chi connectivity index (χ1n) is 5.27. The maximum absolute atomic E-state index is 9.51. The molecule has 88 valence electrons. The number of rotatable bonds is 4. The number of pyridine rings is 1. The Morgan fingerprint density at radius 2 is 2.38 bits per heavy atom. The van der Waals surface area contributed by atoms with Crippen molar-refractivity contribution in [2.45, 2.75) is 31.7 Å². The summed E-state index contributed by atoms with van der Waals surface area (Å²) in [6.07, 6.45) is 3.25. The first-order chi connectivity index (χ1) is 7.70. The molecule has 1 aromatic rings. The molecule has 1 fully saturated rings. The van der Waals surface area contributed by atoms with Gasteiger partial charge in [0.2, 0.25) is 0 Å². The lowest BCUT2D eigenvalue weighted by atomic mass is 9.88. The van der Waals surface area contributed by atoms with Crippen molar-refractivity contribution >= 4 is 15.9 Å². The van der Waals surface area contributed by atoms with E-state index in [0.717, 1.165) is 4.47 Å². The van der Waals surface area contributed by atoms with Crippen LogP contribution in [0.2, 0.25) is 0 Å². The SMILES string of the molecule is CCOC1C(O)CC1Oc1cncc(Br)c1. The molecule has 1 N–H and O–H groups in total. The molecular weight excluding hydrogens is 274 g/mol. The maximum atomic E-state index is 9.51. The van der Waals surface area contributed by atoms with Crippen LogP contribution in [0.1, 0.15) is 13.3 Å². The van der Waals surface area contributed by atoms with Crippen LogP contribution in [0.5, 0.6) is 5.75 Å². The highest BCUT2D eigenvalue weighted by Gasteiger charge is 2.42. The second kappa shape index (κ2) is 5.12. The van der Waals surface area contributed by atoms with Crippen molar-refractivity contribution in [2.75, 3.05) is 6.61 Å². The van der Waals surface area contributed by atoms with E-state index in [4.69, 9.17) is 9.47 Å². The van der Waals surface area contributed by atoms with Crippen LogP contribution in [0.3, 0.4) is 0 Å². The summed E-state index contributed by atoms with van der Waals surface area (Å²) in [6, 6.07) is 1.85. The highest BCUT2D eigenvalue weighted by Crippen LogP contribution is 2.29. The van der Waals surface area contributed by atoms with E-state index in [9.17, 15) is 5.11 Å². The number of halogens is 1. The lowest BCUT2D eigenvalue weighted by Crippen LogP contribution is -2.55. The second-order valence-electron chi connectivity index (χ2n) is 3.72. The molecule has 0 spiro atoms. The Labute approximate surface area is 103 Å². The van der Waals surface area contributed by atoms with E-state index in [1.54, 1.807) is 12.4 Å². The Hall–Kier alpha value is -0.650. The van der Waals surface area contributed by atoms with Crippen LogP contribution in [-0.4, -0.2) is 35.0 Å². The van der Waals surface area contributed by atoms with Gasteiger partial charge in [0.1, 0.15) is 18.0 Å². The summed E-state index contributed by atoms with van der Waals surface area (Å²) in [6.45, 7) is 2.49. The fourth-order valence-corrected chi connectivity index (χ4v) is 2.06. The van der Waals surface area contributed by atoms with Crippen LogP contribution < -0.4 is 4.74 Å². The summed E-state index contributed by atoms with van der Waals surface area (Å²) in [4.78, 5) is 4.01. The molecule has 3 unspecified atom stereocenters. The number of ether oxygens (including phenoxy) is 2. The fourth-order valence-electron chi connectivity index (χ4n) is 1.72. The summed E-state index contributed by atoms with van der Waals surface area (Å²) < 4.78 is 12.0. The monoisotopic (exact) mass is 287 g/mol. The summed E-state index contributed by atoms with van der Waals surface area (Å²) in [5, 5.41) is 9.51. The largest absolute Gasteiger partial charge is 0.486 e. The zero-order valence-electron chi connectivity index (χ0n) is 8.97. The quantitative estimate of drug-likeness (QED) is 0.917. The van der Waals surface area contributed by atoms with E-state index in [1.165, 1.54) is 0 Å². The van der Waals surface area contributed by atoms with Gasteiger partial charge in [-0.25, -0.2) is 0 Å². The third-order valence-electron chi connectivity index (χ3n) is 2.55. The number of aliphatic hydroxyl groups is 1. The molecule has 16 heavy (non-hydrogen) atoms. The molecular formula is C11H14BrNO3. The van der Waals surface area contributed by atoms with E-state index < -0.39 is 6.10 Å². The third-order valence-corrected chi connectivity index (χ3v) is 2.98. The molecule has 0 saturated heterocycles. The molecule has 5 heteroatoms. The number of aromatic nitrogens is 1. The van der Waals surface area contributed by atoms with Crippen LogP contribution in [0, 0.1) is 0 Å². The number of nitrogens with zero attached hydrogens (tertiary/aromatic N) is 1. The summed E-state index contributed by atoms with van der Waals surface area (Å²) >= 11 is 3.33. The molecule has 0 aromatic carbocycles. The minimum atomic E-state index is -0.412. The highest BCUT2D eigenvalue weighted by molar-refractivity contribution is 9.10. The Balaban J connectivity index is 1.95. The van der Waals surface area contributed by atoms with Gasteiger partial charge < -0.3 is 14.6 Å². The van der Waals surface area contributed by atoms with Gasteiger partial charge in [-0.15, -0.1) is 0 Å². The Morgan fingerprint density at radius 3 is 3.00 bits per heavy atom. The van der Waals surface area contributed by atoms with E-state index in [1.807, 2.05) is 13.0 Å². The molecule has 0 radical (unpaired) electrons. The summed E-state index contributed by atoms with van der Waals surface area (Å²) in [5.74, 6) is 0.691. The minimum absolute atomic E-state index is 0.0777. The van der Waals surface area contributed by atoms with Crippen molar-refractivity contribution in [2.24, 2.45) is 0 Å². The Morgan fingerprint density at radius 1 is 1.56 bits per heavy atom. The van der Waals surface area contributed by atoms with E-state index >= 15 is 0 Å². The number of hydrogen-bond donors (Lipinski definition) is 1. The molecule has 1 heterocycles. The molecule has 3 atom stereocenters. The zero-order chi connectivity index (χ0) is 11.5. The van der Waals surface area contributed by atoms with Crippen molar-refractivity contribution in [1.82, 2.24) is 4.98 Å². The van der Waals surface area contributed by atoms with Crippen LogP contribution in [0.4, 0.5) is 0 Å². The van der Waals surface area contributed by atoms with Gasteiger partial charge in [-0.3, -0.25) is 4.98 Å². The molecule has 0 aliphatic heterocycles. The van der Waals surface area contributed by atoms with Crippen molar-refractivity contribution in [3.8, 4) is 5.75 Å². The fraction of sp³-hybridized carbons (Fsp3) is 0.545. The Kier molecular flexibility index (Phi) is 3.78. The van der Waals surface area contributed by atoms with Crippen LogP contribution in [0.15, 0.2) is 22.9 Å². The smallest absolute Gasteiger partial charge is 0.139 e. The molecule has 1 aliphatic rings. The molecule has 1 aromatic heterocycles. The van der Waals surface area contributed by atoms with Crippen LogP contribution in [0.25, 0.3) is 0 Å². The van der Waals surface area contributed by atoms with E-state index in [0.29, 0.717) is 18.8 Å². The van der Waals surface area contributed by atoms with Gasteiger partial charge in [0.15, 0.2) is 0 Å². The average Bonchev–Trinajstić information content (AvgIpc) is 2.26. The van der Waals surface area contributed by atoms with Gasteiger partial charge in [0.25, 0.3) is 0 Å². The van der Waals surface area contributed by atoms with Crippen molar-refractivity contribution in [3.63, 3.8) is 0 Å². The van der Waals surface area contributed by atoms with Gasteiger partial charge in [0.05, 0.1) is 12.3 Å². The van der Waals surface area contributed by atoms with Gasteiger partial charge in [-0.2, -0.15) is 0 Å². The predicted molar refractivity (Wildman–Crippen MR) is 62.4 cm³/mol. The number of hydrogen-bond acceptors (Lipinski definition) is 4. The molecule has 1 aliphatic carbocycles. The summed E-state index contributed by atoms with van der Waals surface area (Å²) in [7, 11) is 0. The van der Waals surface area contributed by atoms with Gasteiger partial charge in [-0.1, -0.05) is 0 Å². The molecule has 0 amide bonds. The minimum Gasteiger partial charge on any atom is -0.486 e. The van der Waals surface area contributed by atoms with E-state index in [-0.39, 0.29) is 12.2 Å². The normalized spacial score (nSPS) is 28.6. The van der Waals surface area contributed by atoms with Gasteiger partial charge in [0, 0.05) is 23.7 Å². The molecule has 0 bridgehead atoms. The topological polar surface area (TPSA) is 51.6 Å².